The molecular weight excluding hydrogens is 426 g/mol. The third-order valence-corrected chi connectivity index (χ3v) is 7.79. The number of fused-ring (bicyclic) bond motifs is 4. The van der Waals surface area contributed by atoms with Crippen LogP contribution in [0.1, 0.15) is 24.8 Å². The van der Waals surface area contributed by atoms with E-state index in [0.717, 1.165) is 18.6 Å². The molecule has 2 N–H and O–H groups in total. The summed E-state index contributed by atoms with van der Waals surface area (Å²) in [5.41, 5.74) is -0.0908. The van der Waals surface area contributed by atoms with Gasteiger partial charge in [0.15, 0.2) is 0 Å². The molecule has 5 atom stereocenters. The Hall–Kier alpha value is -1.61. The molecule has 1 spiro atoms. The van der Waals surface area contributed by atoms with Crippen LogP contribution in [-0.2, 0) is 24.7 Å². The van der Waals surface area contributed by atoms with Crippen LogP contribution in [0.5, 0.6) is 0 Å². The number of hydrogen-bond donors (Lipinski definition) is 2. The third-order valence-electron chi connectivity index (χ3n) is 6.83. The minimum Gasteiger partial charge on any atom is -0.376 e. The number of para-hydroxylation sites is 1. The number of halogens is 1. The quantitative estimate of drug-likeness (QED) is 0.668. The molecule has 4 aliphatic rings. The first-order valence-corrected chi connectivity index (χ1v) is 12.1. The fourth-order valence-corrected chi connectivity index (χ4v) is 6.23. The van der Waals surface area contributed by atoms with Crippen molar-refractivity contribution >= 4 is 46.8 Å². The van der Waals surface area contributed by atoms with Crippen LogP contribution in [0.3, 0.4) is 0 Å². The number of thioether (sulfide) groups is 1. The van der Waals surface area contributed by atoms with Gasteiger partial charge in [0.25, 0.3) is 0 Å². The van der Waals surface area contributed by atoms with Crippen LogP contribution in [0.2, 0.25) is 5.02 Å². The monoisotopic (exact) mass is 449 g/mol. The summed E-state index contributed by atoms with van der Waals surface area (Å²) in [6.07, 6.45) is 4.35. The fourth-order valence-electron chi connectivity index (χ4n) is 5.52. The number of nitrogens with zero attached hydrogens (tertiary/aromatic N) is 1. The second-order valence-electron chi connectivity index (χ2n) is 8.38. The van der Waals surface area contributed by atoms with Gasteiger partial charge in [0, 0.05) is 18.2 Å². The van der Waals surface area contributed by atoms with Crippen molar-refractivity contribution in [3.63, 3.8) is 0 Å². The van der Waals surface area contributed by atoms with E-state index in [0.29, 0.717) is 29.3 Å². The zero-order chi connectivity index (χ0) is 21.0. The average molecular weight is 450 g/mol. The van der Waals surface area contributed by atoms with E-state index >= 15 is 0 Å². The second-order valence-corrected chi connectivity index (χ2v) is 9.78. The lowest BCUT2D eigenvalue weighted by atomic mass is 9.76. The molecule has 3 saturated heterocycles. The van der Waals surface area contributed by atoms with Crippen molar-refractivity contribution in [1.82, 2.24) is 10.2 Å². The van der Waals surface area contributed by atoms with Crippen LogP contribution in [-0.4, -0.2) is 59.9 Å². The van der Waals surface area contributed by atoms with Gasteiger partial charge in [0.05, 0.1) is 35.2 Å². The maximum absolute atomic E-state index is 13.6. The van der Waals surface area contributed by atoms with Gasteiger partial charge in [0.1, 0.15) is 5.54 Å². The first kappa shape index (κ1) is 20.3. The van der Waals surface area contributed by atoms with Gasteiger partial charge >= 0.3 is 0 Å². The predicted molar refractivity (Wildman–Crippen MR) is 114 cm³/mol. The van der Waals surface area contributed by atoms with Crippen LogP contribution in [0.15, 0.2) is 18.2 Å². The van der Waals surface area contributed by atoms with Gasteiger partial charge in [-0.15, -0.1) is 0 Å². The van der Waals surface area contributed by atoms with Crippen LogP contribution in [0.4, 0.5) is 5.69 Å². The number of carbonyl (C=O) groups is 3. The maximum Gasteiger partial charge on any atom is 0.250 e. The lowest BCUT2D eigenvalue weighted by molar-refractivity contribution is -0.144. The highest BCUT2D eigenvalue weighted by Crippen LogP contribution is 2.54. The topological polar surface area (TPSA) is 87.7 Å². The number of amides is 3. The van der Waals surface area contributed by atoms with E-state index in [2.05, 4.69) is 10.6 Å². The average Bonchev–Trinajstić information content (AvgIpc) is 3.47. The van der Waals surface area contributed by atoms with E-state index in [1.165, 1.54) is 4.90 Å². The minimum atomic E-state index is -1.27. The summed E-state index contributed by atoms with van der Waals surface area (Å²) in [7, 11) is 0. The Kier molecular flexibility index (Phi) is 5.08. The lowest BCUT2D eigenvalue weighted by Gasteiger charge is -2.30. The number of benzene rings is 1. The Morgan fingerprint density at radius 1 is 1.30 bits per heavy atom. The highest BCUT2D eigenvalue weighted by atomic mass is 35.5. The highest BCUT2D eigenvalue weighted by Gasteiger charge is 2.70. The molecular formula is C21H24ClN3O4S. The predicted octanol–water partition coefficient (Wildman–Crippen LogP) is 1.99. The number of rotatable bonds is 5. The van der Waals surface area contributed by atoms with Crippen LogP contribution in [0, 0.1) is 11.8 Å². The molecule has 5 rings (SSSR count). The van der Waals surface area contributed by atoms with Gasteiger partial charge in [0.2, 0.25) is 17.7 Å². The molecule has 1 aromatic rings. The number of anilines is 1. The summed E-state index contributed by atoms with van der Waals surface area (Å²) in [5, 5.41) is 6.72. The molecule has 4 aliphatic heterocycles. The first-order valence-electron chi connectivity index (χ1n) is 10.3. The smallest absolute Gasteiger partial charge is 0.250 e. The van der Waals surface area contributed by atoms with Crippen molar-refractivity contribution in [2.24, 2.45) is 11.8 Å². The van der Waals surface area contributed by atoms with Gasteiger partial charge in [-0.3, -0.25) is 24.6 Å². The number of nitrogens with one attached hydrogen (secondary N) is 2. The van der Waals surface area contributed by atoms with Crippen LogP contribution < -0.4 is 10.6 Å². The number of hydrogen-bond acceptors (Lipinski definition) is 6. The first-order chi connectivity index (χ1) is 14.5. The zero-order valence-corrected chi connectivity index (χ0v) is 18.2. The molecule has 1 aromatic carbocycles. The van der Waals surface area contributed by atoms with Gasteiger partial charge in [-0.2, -0.15) is 11.8 Å². The van der Waals surface area contributed by atoms with Gasteiger partial charge in [-0.05, 0) is 37.3 Å². The molecule has 0 unspecified atom stereocenters. The van der Waals surface area contributed by atoms with Gasteiger partial charge < -0.3 is 10.1 Å². The van der Waals surface area contributed by atoms with Crippen molar-refractivity contribution in [1.29, 1.82) is 0 Å². The Labute approximate surface area is 184 Å². The summed E-state index contributed by atoms with van der Waals surface area (Å²) in [4.78, 5) is 41.7. The van der Waals surface area contributed by atoms with E-state index in [4.69, 9.17) is 16.3 Å². The maximum atomic E-state index is 13.6. The standard InChI is InChI=1S/C21H24ClN3O4S/c1-30-9-7-14-15-16(19(27)25(18(15)26)10-11-4-3-8-29-11)21(24-14)12-5-2-6-13(22)17(12)23-20(21)28/h2,5-6,11,14-16,24H,3-4,7-10H2,1H3,(H,23,28)/t11-,14+,15+,16+,21+/m1/s1. The molecule has 3 fully saturated rings. The fraction of sp³-hybridized carbons (Fsp3) is 0.571. The van der Waals surface area contributed by atoms with Crippen molar-refractivity contribution in [3.8, 4) is 0 Å². The molecule has 160 valence electrons. The molecule has 0 saturated carbocycles. The summed E-state index contributed by atoms with van der Waals surface area (Å²) >= 11 is 8.02. The number of imide groups is 1. The third kappa shape index (κ3) is 2.77. The van der Waals surface area contributed by atoms with Crippen LogP contribution in [0.25, 0.3) is 0 Å². The normalized spacial score (nSPS) is 34.7. The molecule has 0 aliphatic carbocycles. The molecule has 7 nitrogen and oxygen atoms in total. The highest BCUT2D eigenvalue weighted by molar-refractivity contribution is 7.98. The molecule has 0 radical (unpaired) electrons. The number of carbonyl (C=O) groups excluding carboxylic acids is 3. The molecule has 3 amide bonds. The van der Waals surface area contributed by atoms with E-state index in [1.54, 1.807) is 23.9 Å². The number of likely N-dealkylation sites (tertiary alicyclic amines) is 1. The van der Waals surface area contributed by atoms with Crippen molar-refractivity contribution in [2.75, 3.05) is 30.5 Å². The Morgan fingerprint density at radius 3 is 2.87 bits per heavy atom. The summed E-state index contributed by atoms with van der Waals surface area (Å²) in [5.74, 6) is -1.32. The van der Waals surface area contributed by atoms with Crippen molar-refractivity contribution < 1.29 is 19.1 Å². The summed E-state index contributed by atoms with van der Waals surface area (Å²) in [6.45, 7) is 0.921. The van der Waals surface area contributed by atoms with E-state index < -0.39 is 17.4 Å². The molecule has 0 bridgehead atoms. The van der Waals surface area contributed by atoms with E-state index in [-0.39, 0.29) is 36.4 Å². The summed E-state index contributed by atoms with van der Waals surface area (Å²) in [6, 6.07) is 5.05. The van der Waals surface area contributed by atoms with Crippen molar-refractivity contribution in [3.05, 3.63) is 28.8 Å². The lowest BCUT2D eigenvalue weighted by Crippen LogP contribution is -2.53. The van der Waals surface area contributed by atoms with Crippen LogP contribution >= 0.6 is 23.4 Å². The summed E-state index contributed by atoms with van der Waals surface area (Å²) < 4.78 is 5.67. The Balaban J connectivity index is 1.57. The van der Waals surface area contributed by atoms with Gasteiger partial charge in [-0.1, -0.05) is 23.7 Å². The largest absolute Gasteiger partial charge is 0.376 e. The van der Waals surface area contributed by atoms with Gasteiger partial charge in [-0.25, -0.2) is 0 Å². The van der Waals surface area contributed by atoms with E-state index in [9.17, 15) is 14.4 Å². The zero-order valence-electron chi connectivity index (χ0n) is 16.7. The number of ether oxygens (including phenoxy) is 1. The molecule has 9 heteroatoms. The Morgan fingerprint density at radius 2 is 2.13 bits per heavy atom. The van der Waals surface area contributed by atoms with Crippen molar-refractivity contribution in [2.45, 2.75) is 36.9 Å². The van der Waals surface area contributed by atoms with E-state index in [1.807, 2.05) is 12.3 Å². The molecule has 0 aromatic heterocycles. The molecule has 30 heavy (non-hydrogen) atoms. The minimum absolute atomic E-state index is 0.121. The Bertz CT molecular complexity index is 922. The SMILES string of the molecule is CSCC[C@@H]1N[C@]2(C(=O)Nc3c(Cl)cccc32)[C@@H]2C(=O)N(C[C@H]3CCCO3)C(=O)[C@@H]12. The molecule has 4 heterocycles. The second kappa shape index (κ2) is 7.51.